The predicted molar refractivity (Wildman–Crippen MR) is 115 cm³/mol. The zero-order valence-electron chi connectivity index (χ0n) is 18.3. The molecule has 0 aliphatic carbocycles. The topological polar surface area (TPSA) is 75.9 Å². The van der Waals surface area contributed by atoms with Gasteiger partial charge in [-0.25, -0.2) is 21.5 Å². The molecule has 0 aromatic heterocycles. The first-order valence-corrected chi connectivity index (χ1v) is 12.7. The maximum atomic E-state index is 14.2. The zero-order valence-corrected chi connectivity index (χ0v) is 19.1. The molecule has 0 saturated carbocycles. The van der Waals surface area contributed by atoms with Crippen molar-refractivity contribution in [2.24, 2.45) is 11.1 Å². The fourth-order valence-electron chi connectivity index (χ4n) is 5.35. The van der Waals surface area contributed by atoms with E-state index in [1.807, 2.05) is 0 Å². The van der Waals surface area contributed by atoms with Gasteiger partial charge in [0.25, 0.3) is 0 Å². The van der Waals surface area contributed by atoms with Crippen molar-refractivity contribution < 1.29 is 21.9 Å². The minimum Gasteiger partial charge on any atom is -0.370 e. The molecule has 1 aromatic rings. The zero-order chi connectivity index (χ0) is 22.4. The summed E-state index contributed by atoms with van der Waals surface area (Å²) in [4.78, 5) is 2.39. The highest BCUT2D eigenvalue weighted by Crippen LogP contribution is 2.43. The summed E-state index contributed by atoms with van der Waals surface area (Å²) in [6.45, 7) is 6.88. The molecule has 1 aromatic carbocycles. The molecule has 6 nitrogen and oxygen atoms in total. The number of halogens is 2. The van der Waals surface area contributed by atoms with E-state index in [4.69, 9.17) is 10.5 Å². The van der Waals surface area contributed by atoms with Crippen molar-refractivity contribution in [3.8, 4) is 0 Å². The number of nitrogens with two attached hydrogens (primary N) is 1. The van der Waals surface area contributed by atoms with Crippen LogP contribution in [0.2, 0.25) is 0 Å². The lowest BCUT2D eigenvalue weighted by atomic mass is 9.78. The second-order valence-corrected chi connectivity index (χ2v) is 12.2. The first-order chi connectivity index (χ1) is 14.6. The number of sulfonamides is 1. The third-order valence-electron chi connectivity index (χ3n) is 7.39. The van der Waals surface area contributed by atoms with E-state index in [0.717, 1.165) is 44.5 Å². The first-order valence-electron chi connectivity index (χ1n) is 11.2. The van der Waals surface area contributed by atoms with Crippen LogP contribution in [0, 0.1) is 17.0 Å². The Morgan fingerprint density at radius 3 is 2.48 bits per heavy atom. The number of hydrogen-bond acceptors (Lipinski definition) is 5. The molecule has 3 heterocycles. The van der Waals surface area contributed by atoms with Gasteiger partial charge < -0.3 is 10.5 Å². The molecule has 2 N–H and O–H groups in total. The quantitative estimate of drug-likeness (QED) is 0.752. The Morgan fingerprint density at radius 1 is 1.16 bits per heavy atom. The Bertz CT molecular complexity index is 903. The molecule has 3 atom stereocenters. The van der Waals surface area contributed by atoms with Crippen LogP contribution in [0.3, 0.4) is 0 Å². The van der Waals surface area contributed by atoms with Crippen LogP contribution in [0.25, 0.3) is 0 Å². The summed E-state index contributed by atoms with van der Waals surface area (Å²) in [5, 5.41) is -0.390. The molecule has 3 fully saturated rings. The molecular formula is C22H33F2N3O3S. The number of hydrogen-bond donors (Lipinski definition) is 1. The van der Waals surface area contributed by atoms with Gasteiger partial charge in [0.15, 0.2) is 0 Å². The van der Waals surface area contributed by atoms with Crippen LogP contribution in [-0.4, -0.2) is 67.7 Å². The predicted octanol–water partition coefficient (Wildman–Crippen LogP) is 2.65. The van der Waals surface area contributed by atoms with E-state index in [9.17, 15) is 17.2 Å². The second kappa shape index (κ2) is 8.67. The molecule has 0 amide bonds. The maximum Gasteiger partial charge on any atom is 0.216 e. The largest absolute Gasteiger partial charge is 0.370 e. The van der Waals surface area contributed by atoms with Crippen molar-refractivity contribution in [1.82, 2.24) is 9.21 Å². The highest BCUT2D eigenvalue weighted by atomic mass is 32.2. The van der Waals surface area contributed by atoms with E-state index < -0.39 is 39.1 Å². The van der Waals surface area contributed by atoms with Gasteiger partial charge in [0.1, 0.15) is 17.7 Å². The van der Waals surface area contributed by atoms with Gasteiger partial charge in [-0.1, -0.05) is 0 Å². The molecule has 174 valence electrons. The van der Waals surface area contributed by atoms with E-state index >= 15 is 0 Å². The molecule has 3 aliphatic heterocycles. The van der Waals surface area contributed by atoms with Crippen molar-refractivity contribution >= 4 is 10.0 Å². The monoisotopic (exact) mass is 457 g/mol. The summed E-state index contributed by atoms with van der Waals surface area (Å²) < 4.78 is 60.3. The summed E-state index contributed by atoms with van der Waals surface area (Å²) in [6.07, 6.45) is 2.78. The first kappa shape index (κ1) is 23.0. The Labute approximate surface area is 183 Å². The van der Waals surface area contributed by atoms with E-state index in [-0.39, 0.29) is 17.0 Å². The van der Waals surface area contributed by atoms with Gasteiger partial charge in [0.05, 0.1) is 11.9 Å². The average Bonchev–Trinajstić information content (AvgIpc) is 3.13. The van der Waals surface area contributed by atoms with Crippen LogP contribution >= 0.6 is 0 Å². The minimum atomic E-state index is -3.20. The molecule has 4 rings (SSSR count). The van der Waals surface area contributed by atoms with Gasteiger partial charge in [-0.2, -0.15) is 0 Å². The molecule has 3 aliphatic rings. The number of likely N-dealkylation sites (tertiary alicyclic amines) is 1. The lowest BCUT2D eigenvalue weighted by Gasteiger charge is -2.42. The molecule has 1 spiro atoms. The van der Waals surface area contributed by atoms with Gasteiger partial charge in [0, 0.05) is 37.3 Å². The number of nitrogens with zero attached hydrogens (tertiary/aromatic N) is 2. The Hall–Kier alpha value is -1.13. The smallest absolute Gasteiger partial charge is 0.216 e. The Balaban J connectivity index is 1.35. The van der Waals surface area contributed by atoms with Gasteiger partial charge in [-0.05, 0) is 69.7 Å². The summed E-state index contributed by atoms with van der Waals surface area (Å²) in [5.74, 6) is -0.995. The maximum absolute atomic E-state index is 14.2. The third kappa shape index (κ3) is 4.53. The van der Waals surface area contributed by atoms with Crippen LogP contribution < -0.4 is 5.73 Å². The van der Waals surface area contributed by atoms with E-state index in [1.165, 1.54) is 6.07 Å². The van der Waals surface area contributed by atoms with Gasteiger partial charge in [-0.15, -0.1) is 0 Å². The standard InChI is InChI=1S/C22H33F2N3O3S/c1-15(2)31(28,29)27-9-6-22(7-10-27)5-8-26(14-22)17-12-20(25)21(30-13-17)18-11-16(23)3-4-19(18)24/h3-4,11,15,17,20-21H,5-10,12-14,25H2,1-2H3/t17-,20+,21-/m1/s1. The highest BCUT2D eigenvalue weighted by Gasteiger charge is 2.46. The molecule has 0 radical (unpaired) electrons. The van der Waals surface area contributed by atoms with Crippen LogP contribution in [0.4, 0.5) is 8.78 Å². The lowest BCUT2D eigenvalue weighted by molar-refractivity contribution is -0.0497. The molecule has 0 bridgehead atoms. The number of benzene rings is 1. The summed E-state index contributed by atoms with van der Waals surface area (Å²) >= 11 is 0. The SMILES string of the molecule is CC(C)S(=O)(=O)N1CCC2(CCN([C@H]3CO[C@H](c4cc(F)ccc4F)[C@@H](N)C3)C2)CC1. The average molecular weight is 458 g/mol. The van der Waals surface area contributed by atoms with Gasteiger partial charge in [-0.3, -0.25) is 4.90 Å². The fraction of sp³-hybridized carbons (Fsp3) is 0.727. The fourth-order valence-corrected chi connectivity index (χ4v) is 6.64. The highest BCUT2D eigenvalue weighted by molar-refractivity contribution is 7.89. The summed E-state index contributed by atoms with van der Waals surface area (Å²) in [5.41, 5.74) is 6.66. The van der Waals surface area contributed by atoms with Crippen molar-refractivity contribution in [3.05, 3.63) is 35.4 Å². The summed E-state index contributed by atoms with van der Waals surface area (Å²) in [7, 11) is -3.20. The van der Waals surface area contributed by atoms with Crippen LogP contribution in [0.15, 0.2) is 18.2 Å². The normalized spacial score (nSPS) is 30.3. The van der Waals surface area contributed by atoms with Crippen LogP contribution in [0.1, 0.15) is 51.2 Å². The van der Waals surface area contributed by atoms with Crippen molar-refractivity contribution in [2.75, 3.05) is 32.8 Å². The van der Waals surface area contributed by atoms with Crippen molar-refractivity contribution in [1.29, 1.82) is 0 Å². The summed E-state index contributed by atoms with van der Waals surface area (Å²) in [6, 6.07) is 3.11. The minimum absolute atomic E-state index is 0.138. The Kier molecular flexibility index (Phi) is 6.44. The third-order valence-corrected chi connectivity index (χ3v) is 9.67. The van der Waals surface area contributed by atoms with E-state index in [0.29, 0.717) is 26.1 Å². The second-order valence-electron chi connectivity index (χ2n) is 9.69. The van der Waals surface area contributed by atoms with Gasteiger partial charge >= 0.3 is 0 Å². The van der Waals surface area contributed by atoms with Crippen molar-refractivity contribution in [2.45, 2.75) is 63.0 Å². The molecule has 9 heteroatoms. The molecule has 3 saturated heterocycles. The number of ether oxygens (including phenoxy) is 1. The van der Waals surface area contributed by atoms with Crippen LogP contribution in [0.5, 0.6) is 0 Å². The number of rotatable bonds is 4. The van der Waals surface area contributed by atoms with E-state index in [1.54, 1.807) is 18.2 Å². The number of piperidine rings is 1. The molecule has 31 heavy (non-hydrogen) atoms. The van der Waals surface area contributed by atoms with Crippen LogP contribution in [-0.2, 0) is 14.8 Å². The lowest BCUT2D eigenvalue weighted by Crippen LogP contribution is -2.50. The van der Waals surface area contributed by atoms with Gasteiger partial charge in [0.2, 0.25) is 10.0 Å². The van der Waals surface area contributed by atoms with E-state index in [2.05, 4.69) is 4.90 Å². The molecular weight excluding hydrogens is 424 g/mol. The molecule has 0 unspecified atom stereocenters. The Morgan fingerprint density at radius 2 is 1.84 bits per heavy atom. The van der Waals surface area contributed by atoms with Crippen molar-refractivity contribution in [3.63, 3.8) is 0 Å².